The molecule has 3 aromatic rings. The van der Waals surface area contributed by atoms with Crippen LogP contribution in [0.3, 0.4) is 0 Å². The van der Waals surface area contributed by atoms with Crippen LogP contribution < -0.4 is 4.74 Å². The number of aromatic amines is 2. The lowest BCUT2D eigenvalue weighted by Crippen LogP contribution is -2.02. The van der Waals surface area contributed by atoms with E-state index in [1.165, 1.54) is 5.56 Å². The third-order valence-corrected chi connectivity index (χ3v) is 2.74. The molecule has 2 aromatic heterocycles. The molecule has 0 aliphatic heterocycles. The number of hydrogen-bond acceptors (Lipinski definition) is 4. The summed E-state index contributed by atoms with van der Waals surface area (Å²) in [7, 11) is 0. The molecule has 0 bridgehead atoms. The van der Waals surface area contributed by atoms with Gasteiger partial charge in [-0.2, -0.15) is 14.6 Å². The first-order chi connectivity index (χ1) is 8.72. The lowest BCUT2D eigenvalue weighted by atomic mass is 10.2. The number of nitrogens with one attached hydrogen (secondary N) is 2. The highest BCUT2D eigenvalue weighted by atomic mass is 32.1. The van der Waals surface area contributed by atoms with Gasteiger partial charge in [-0.1, -0.05) is 17.7 Å². The lowest BCUT2D eigenvalue weighted by molar-refractivity contribution is 0.292. The van der Waals surface area contributed by atoms with E-state index in [2.05, 4.69) is 20.3 Å². The zero-order valence-corrected chi connectivity index (χ0v) is 10.5. The summed E-state index contributed by atoms with van der Waals surface area (Å²) in [5.74, 6) is 2.08. The van der Waals surface area contributed by atoms with Gasteiger partial charge in [0.25, 0.3) is 0 Å². The summed E-state index contributed by atoms with van der Waals surface area (Å²) in [6.07, 6.45) is 0. The molecule has 0 aliphatic rings. The Morgan fingerprint density at radius 1 is 1.33 bits per heavy atom. The van der Waals surface area contributed by atoms with Crippen molar-refractivity contribution in [2.24, 2.45) is 0 Å². The van der Waals surface area contributed by atoms with Gasteiger partial charge in [-0.05, 0) is 31.3 Å². The van der Waals surface area contributed by atoms with Crippen LogP contribution in [-0.4, -0.2) is 24.8 Å². The highest BCUT2D eigenvalue weighted by Crippen LogP contribution is 2.13. The van der Waals surface area contributed by atoms with Crippen molar-refractivity contribution in [1.29, 1.82) is 0 Å². The molecule has 0 spiro atoms. The Labute approximate surface area is 108 Å². The quantitative estimate of drug-likeness (QED) is 0.707. The van der Waals surface area contributed by atoms with Crippen LogP contribution in [0.1, 0.15) is 11.4 Å². The molecule has 0 atom stereocenters. The van der Waals surface area contributed by atoms with Crippen LogP contribution in [0.25, 0.3) is 5.78 Å². The summed E-state index contributed by atoms with van der Waals surface area (Å²) in [6, 6.07) is 7.85. The maximum absolute atomic E-state index is 5.64. The predicted octanol–water partition coefficient (Wildman–Crippen LogP) is 2.00. The number of nitrogens with zero attached hydrogens (tertiary/aromatic N) is 3. The third kappa shape index (κ3) is 2.00. The zero-order chi connectivity index (χ0) is 12.5. The first kappa shape index (κ1) is 11.0. The van der Waals surface area contributed by atoms with E-state index < -0.39 is 0 Å². The summed E-state index contributed by atoms with van der Waals surface area (Å²) >= 11 is 4.94. The molecule has 0 aliphatic carbocycles. The molecule has 0 radical (unpaired) electrons. The maximum atomic E-state index is 5.64. The molecule has 0 saturated carbocycles. The summed E-state index contributed by atoms with van der Waals surface area (Å²) in [6.45, 7) is 2.37. The second-order valence-corrected chi connectivity index (χ2v) is 4.32. The van der Waals surface area contributed by atoms with E-state index in [1.54, 1.807) is 4.52 Å². The van der Waals surface area contributed by atoms with Gasteiger partial charge < -0.3 is 4.74 Å². The Balaban J connectivity index is 1.80. The van der Waals surface area contributed by atoms with E-state index in [-0.39, 0.29) is 0 Å². The molecule has 6 nitrogen and oxygen atoms in total. The molecule has 0 saturated heterocycles. The minimum atomic E-state index is 0.338. The minimum Gasteiger partial charge on any atom is -0.486 e. The number of rotatable bonds is 3. The molecule has 92 valence electrons. The largest absolute Gasteiger partial charge is 0.486 e. The Hall–Kier alpha value is -2.15. The number of H-pyrrole nitrogens is 2. The van der Waals surface area contributed by atoms with E-state index in [0.717, 1.165) is 5.75 Å². The van der Waals surface area contributed by atoms with Gasteiger partial charge >= 0.3 is 0 Å². The molecule has 3 rings (SSSR count). The number of aromatic nitrogens is 5. The topological polar surface area (TPSA) is 71.0 Å². The van der Waals surface area contributed by atoms with E-state index in [0.29, 0.717) is 23.0 Å². The van der Waals surface area contributed by atoms with Crippen molar-refractivity contribution >= 4 is 18.0 Å². The monoisotopic (exact) mass is 261 g/mol. The van der Waals surface area contributed by atoms with Crippen molar-refractivity contribution < 1.29 is 4.74 Å². The number of hydrogen-bond donors (Lipinski definition) is 2. The minimum absolute atomic E-state index is 0.338. The van der Waals surface area contributed by atoms with Crippen molar-refractivity contribution in [2.45, 2.75) is 13.5 Å². The molecular formula is C11H11N5OS. The summed E-state index contributed by atoms with van der Waals surface area (Å²) < 4.78 is 7.73. The van der Waals surface area contributed by atoms with Gasteiger partial charge in [-0.25, -0.2) is 5.10 Å². The SMILES string of the molecule is Cc1ccc(OCc2n[nH]c3nc(=S)[nH]n23)cc1. The second-order valence-electron chi connectivity index (χ2n) is 3.93. The van der Waals surface area contributed by atoms with Gasteiger partial charge in [0, 0.05) is 0 Å². The van der Waals surface area contributed by atoms with Crippen LogP contribution in [0.15, 0.2) is 24.3 Å². The van der Waals surface area contributed by atoms with Crippen LogP contribution >= 0.6 is 12.2 Å². The number of ether oxygens (including phenoxy) is 1. The van der Waals surface area contributed by atoms with E-state index >= 15 is 0 Å². The normalized spacial score (nSPS) is 10.9. The molecule has 2 heterocycles. The van der Waals surface area contributed by atoms with E-state index in [1.807, 2.05) is 31.2 Å². The van der Waals surface area contributed by atoms with Gasteiger partial charge in [0.2, 0.25) is 10.5 Å². The number of benzene rings is 1. The van der Waals surface area contributed by atoms with Crippen LogP contribution in [0, 0.1) is 11.7 Å². The predicted molar refractivity (Wildman–Crippen MR) is 68.0 cm³/mol. The first-order valence-corrected chi connectivity index (χ1v) is 5.85. The van der Waals surface area contributed by atoms with Crippen molar-refractivity contribution in [3.05, 3.63) is 40.4 Å². The lowest BCUT2D eigenvalue weighted by Gasteiger charge is -2.04. The summed E-state index contributed by atoms with van der Waals surface area (Å²) in [4.78, 5) is 4.05. The second kappa shape index (κ2) is 4.26. The molecule has 18 heavy (non-hydrogen) atoms. The maximum Gasteiger partial charge on any atom is 0.247 e. The smallest absolute Gasteiger partial charge is 0.247 e. The molecular weight excluding hydrogens is 250 g/mol. The molecule has 0 unspecified atom stereocenters. The summed E-state index contributed by atoms with van der Waals surface area (Å²) in [5.41, 5.74) is 1.20. The standard InChI is InChI=1S/C11H11N5OS/c1-7-2-4-8(5-3-7)17-6-9-13-14-10-12-11(18)15-16(9)10/h2-5H,6H2,1H3,(H2,12,14,15,18). The number of aryl methyl sites for hydroxylation is 1. The van der Waals surface area contributed by atoms with Gasteiger partial charge in [0.05, 0.1) is 0 Å². The van der Waals surface area contributed by atoms with E-state index in [9.17, 15) is 0 Å². The average Bonchev–Trinajstić information content (AvgIpc) is 2.88. The van der Waals surface area contributed by atoms with Crippen molar-refractivity contribution in [3.63, 3.8) is 0 Å². The zero-order valence-electron chi connectivity index (χ0n) is 9.67. The molecule has 1 aromatic carbocycles. The highest BCUT2D eigenvalue weighted by molar-refractivity contribution is 7.71. The molecule has 7 heteroatoms. The van der Waals surface area contributed by atoms with Gasteiger partial charge in [-0.3, -0.25) is 5.10 Å². The molecule has 0 amide bonds. The van der Waals surface area contributed by atoms with Gasteiger partial charge in [-0.15, -0.1) is 0 Å². The summed E-state index contributed by atoms with van der Waals surface area (Å²) in [5, 5.41) is 9.78. The van der Waals surface area contributed by atoms with Crippen LogP contribution in [0.4, 0.5) is 0 Å². The van der Waals surface area contributed by atoms with Crippen LogP contribution in [0.2, 0.25) is 0 Å². The van der Waals surface area contributed by atoms with Crippen LogP contribution in [0.5, 0.6) is 5.75 Å². The van der Waals surface area contributed by atoms with Gasteiger partial charge in [0.1, 0.15) is 12.4 Å². The van der Waals surface area contributed by atoms with Crippen molar-refractivity contribution in [2.75, 3.05) is 0 Å². The Morgan fingerprint density at radius 3 is 2.89 bits per heavy atom. The van der Waals surface area contributed by atoms with Gasteiger partial charge in [0.15, 0.2) is 5.82 Å². The first-order valence-electron chi connectivity index (χ1n) is 5.44. The molecule has 0 fully saturated rings. The van der Waals surface area contributed by atoms with E-state index in [4.69, 9.17) is 17.0 Å². The van der Waals surface area contributed by atoms with Crippen molar-refractivity contribution in [1.82, 2.24) is 24.8 Å². The number of fused-ring (bicyclic) bond motifs is 1. The van der Waals surface area contributed by atoms with Crippen LogP contribution in [-0.2, 0) is 6.61 Å². The fourth-order valence-corrected chi connectivity index (χ4v) is 1.80. The fourth-order valence-electron chi connectivity index (χ4n) is 1.63. The average molecular weight is 261 g/mol. The Kier molecular flexibility index (Phi) is 2.60. The van der Waals surface area contributed by atoms with Crippen molar-refractivity contribution in [3.8, 4) is 5.75 Å². The highest BCUT2D eigenvalue weighted by Gasteiger charge is 2.07. The Bertz CT molecular complexity index is 724. The third-order valence-electron chi connectivity index (χ3n) is 2.56. The fraction of sp³-hybridized carbons (Fsp3) is 0.182. The molecule has 2 N–H and O–H groups in total. The Morgan fingerprint density at radius 2 is 2.11 bits per heavy atom.